The van der Waals surface area contributed by atoms with Gasteiger partial charge >= 0.3 is 0 Å². The third kappa shape index (κ3) is 7.53. The van der Waals surface area contributed by atoms with Crippen LogP contribution in [0.5, 0.6) is 11.8 Å². The quantitative estimate of drug-likeness (QED) is 0.113. The highest BCUT2D eigenvalue weighted by Gasteiger charge is 2.36. The molecule has 61 heavy (non-hydrogen) atoms. The molecule has 3 saturated heterocycles. The SMILES string of the molecule is CC(C)n1cc(-c2[nH]nc3c(C4CCCN4C(=O)c4cc(-c5n[nH]c6ccnc(OC7CCOCC7)c56)cn4C(C)C)cnc(OC4CCOCC4)c23)cc1C(=O)NC1CC1. The molecular weight excluding hydrogens is 777 g/mol. The van der Waals surface area contributed by atoms with Crippen LogP contribution in [-0.2, 0) is 9.47 Å². The molecule has 0 aromatic carbocycles. The number of amides is 2. The topological polar surface area (TPSA) is 179 Å². The Morgan fingerprint density at radius 2 is 1.44 bits per heavy atom. The number of fused-ring (bicyclic) bond motifs is 2. The van der Waals surface area contributed by atoms with E-state index in [9.17, 15) is 9.59 Å². The van der Waals surface area contributed by atoms with Crippen molar-refractivity contribution in [1.29, 1.82) is 0 Å². The van der Waals surface area contributed by atoms with Gasteiger partial charge in [-0.1, -0.05) is 0 Å². The van der Waals surface area contributed by atoms with Crippen molar-refractivity contribution in [2.75, 3.05) is 33.0 Å². The molecule has 1 unspecified atom stereocenters. The lowest BCUT2D eigenvalue weighted by atomic mass is 10.0. The second-order valence-corrected chi connectivity index (χ2v) is 17.4. The van der Waals surface area contributed by atoms with E-state index in [1.807, 2.05) is 50.8 Å². The van der Waals surface area contributed by atoms with E-state index >= 15 is 0 Å². The highest BCUT2D eigenvalue weighted by molar-refractivity contribution is 6.02. The fraction of sp³-hybridized carbons (Fsp3) is 0.511. The Labute approximate surface area is 353 Å². The predicted molar refractivity (Wildman–Crippen MR) is 228 cm³/mol. The largest absolute Gasteiger partial charge is 0.474 e. The highest BCUT2D eigenvalue weighted by Crippen LogP contribution is 2.43. The summed E-state index contributed by atoms with van der Waals surface area (Å²) < 4.78 is 28.3. The summed E-state index contributed by atoms with van der Waals surface area (Å²) in [7, 11) is 0. The number of likely N-dealkylation sites (tertiary alicyclic amines) is 1. The van der Waals surface area contributed by atoms with Gasteiger partial charge < -0.3 is 38.3 Å². The van der Waals surface area contributed by atoms with Crippen molar-refractivity contribution in [3.05, 3.63) is 59.9 Å². The second kappa shape index (κ2) is 16.3. The third-order valence-corrected chi connectivity index (χ3v) is 12.5. The van der Waals surface area contributed by atoms with Crippen LogP contribution in [0.4, 0.5) is 0 Å². The van der Waals surface area contributed by atoms with E-state index in [0.717, 1.165) is 90.0 Å². The summed E-state index contributed by atoms with van der Waals surface area (Å²) in [4.78, 5) is 40.0. The minimum Gasteiger partial charge on any atom is -0.474 e. The number of aromatic amines is 2. The van der Waals surface area contributed by atoms with E-state index in [4.69, 9.17) is 34.1 Å². The number of ether oxygens (including phenoxy) is 4. The van der Waals surface area contributed by atoms with Gasteiger partial charge in [0, 0.05) is 91.8 Å². The Morgan fingerprint density at radius 1 is 0.787 bits per heavy atom. The van der Waals surface area contributed by atoms with Gasteiger partial charge in [-0.3, -0.25) is 19.8 Å². The van der Waals surface area contributed by atoms with E-state index in [1.165, 1.54) is 0 Å². The van der Waals surface area contributed by atoms with Gasteiger partial charge in [-0.05, 0) is 71.6 Å². The summed E-state index contributed by atoms with van der Waals surface area (Å²) in [6.07, 6.45) is 14.2. The fourth-order valence-corrected chi connectivity index (χ4v) is 9.09. The summed E-state index contributed by atoms with van der Waals surface area (Å²) in [5.74, 6) is 0.839. The zero-order valence-corrected chi connectivity index (χ0v) is 35.3. The van der Waals surface area contributed by atoms with E-state index in [2.05, 4.69) is 48.2 Å². The molecule has 0 spiro atoms. The van der Waals surface area contributed by atoms with E-state index < -0.39 is 0 Å². The van der Waals surface area contributed by atoms with Crippen LogP contribution in [0.25, 0.3) is 44.3 Å². The molecule has 10 rings (SSSR count). The van der Waals surface area contributed by atoms with Gasteiger partial charge in [0.25, 0.3) is 11.8 Å². The van der Waals surface area contributed by atoms with Crippen LogP contribution >= 0.6 is 0 Å². The lowest BCUT2D eigenvalue weighted by Crippen LogP contribution is -2.32. The number of carbonyl (C=O) groups is 2. The third-order valence-electron chi connectivity index (χ3n) is 12.5. The lowest BCUT2D eigenvalue weighted by Gasteiger charge is -2.27. The Hall–Kier alpha value is -5.74. The molecule has 0 bridgehead atoms. The molecule has 1 saturated carbocycles. The normalized spacial score (nSPS) is 19.2. The first kappa shape index (κ1) is 39.4. The van der Waals surface area contributed by atoms with Gasteiger partial charge in [0.05, 0.1) is 54.5 Å². The van der Waals surface area contributed by atoms with Crippen molar-refractivity contribution in [3.63, 3.8) is 0 Å². The van der Waals surface area contributed by atoms with Crippen LogP contribution in [0, 0.1) is 0 Å². The second-order valence-electron chi connectivity index (χ2n) is 17.4. The molecule has 0 radical (unpaired) electrons. The maximum absolute atomic E-state index is 15.0. The maximum Gasteiger partial charge on any atom is 0.271 e. The fourth-order valence-electron chi connectivity index (χ4n) is 9.09. The van der Waals surface area contributed by atoms with Gasteiger partial charge in [-0.2, -0.15) is 10.2 Å². The van der Waals surface area contributed by atoms with Gasteiger partial charge in [0.2, 0.25) is 11.8 Å². The molecule has 16 nitrogen and oxygen atoms in total. The molecular formula is C45H54N10O6. The zero-order chi connectivity index (χ0) is 41.8. The lowest BCUT2D eigenvalue weighted by molar-refractivity contribution is 0.0242. The first-order valence-electron chi connectivity index (χ1n) is 22.0. The smallest absolute Gasteiger partial charge is 0.271 e. The summed E-state index contributed by atoms with van der Waals surface area (Å²) in [6.45, 7) is 11.4. The Morgan fingerprint density at radius 3 is 2.13 bits per heavy atom. The number of hydrogen-bond acceptors (Lipinski definition) is 10. The zero-order valence-electron chi connectivity index (χ0n) is 35.3. The predicted octanol–water partition coefficient (Wildman–Crippen LogP) is 7.31. The Kier molecular flexibility index (Phi) is 10.5. The molecule has 2 amide bonds. The Bertz CT molecular complexity index is 2570. The highest BCUT2D eigenvalue weighted by atomic mass is 16.5. The molecule has 16 heteroatoms. The first-order valence-corrected chi connectivity index (χ1v) is 22.0. The number of carbonyl (C=O) groups excluding carboxylic acids is 2. The van der Waals surface area contributed by atoms with E-state index in [0.29, 0.717) is 67.3 Å². The van der Waals surface area contributed by atoms with Gasteiger partial charge in [0.1, 0.15) is 34.8 Å². The average molecular weight is 831 g/mol. The number of pyridine rings is 2. The maximum atomic E-state index is 15.0. The molecule has 4 fully saturated rings. The molecule has 6 aromatic heterocycles. The molecule has 320 valence electrons. The summed E-state index contributed by atoms with van der Waals surface area (Å²) >= 11 is 0. The molecule has 1 aliphatic carbocycles. The van der Waals surface area contributed by atoms with Gasteiger partial charge in [-0.25, -0.2) is 9.97 Å². The number of rotatable bonds is 12. The molecule has 9 heterocycles. The van der Waals surface area contributed by atoms with Crippen molar-refractivity contribution in [3.8, 4) is 34.3 Å². The van der Waals surface area contributed by atoms with Crippen LogP contribution in [0.2, 0.25) is 0 Å². The summed E-state index contributed by atoms with van der Waals surface area (Å²) in [5.41, 5.74) is 6.56. The summed E-state index contributed by atoms with van der Waals surface area (Å²) in [6, 6.07) is 5.75. The average Bonchev–Trinajstić information content (AvgIpc) is 3.85. The standard InChI is InChI=1S/C45H54N10O6/c1-25(2)54-23-27(20-35(54)42(56)48-29-7-8-29)40-38-41(52-51-40)32(22-47-44(38)61-31-12-18-59-19-13-31)34-6-5-15-53(34)45(57)36-21-28(24-55(36)26(3)4)39-37-33(49-50-39)9-14-46-43(37)60-30-10-16-58-17-11-30/h9,14,20-26,29-31,34H,5-8,10-13,15-19H2,1-4H3,(H,48,56)(H,49,50)(H,51,52). The van der Waals surface area contributed by atoms with Crippen LogP contribution in [0.15, 0.2) is 43.0 Å². The number of nitrogens with zero attached hydrogens (tertiary/aromatic N) is 7. The van der Waals surface area contributed by atoms with Crippen molar-refractivity contribution in [1.82, 2.24) is 49.7 Å². The van der Waals surface area contributed by atoms with Crippen LogP contribution in [0.3, 0.4) is 0 Å². The molecule has 1 atom stereocenters. The number of hydrogen-bond donors (Lipinski definition) is 3. The molecule has 3 N–H and O–H groups in total. The number of nitrogens with one attached hydrogen (secondary N) is 3. The van der Waals surface area contributed by atoms with Gasteiger partial charge in [-0.15, -0.1) is 0 Å². The number of aromatic nitrogens is 8. The minimum absolute atomic E-state index is 0.00477. The van der Waals surface area contributed by atoms with Crippen molar-refractivity contribution in [2.24, 2.45) is 0 Å². The van der Waals surface area contributed by atoms with Crippen LogP contribution in [0.1, 0.15) is 124 Å². The van der Waals surface area contributed by atoms with Gasteiger partial charge in [0.15, 0.2) is 0 Å². The van der Waals surface area contributed by atoms with E-state index in [1.54, 1.807) is 6.20 Å². The molecule has 4 aliphatic rings. The monoisotopic (exact) mass is 830 g/mol. The van der Waals surface area contributed by atoms with Crippen LogP contribution < -0.4 is 14.8 Å². The van der Waals surface area contributed by atoms with Crippen molar-refractivity contribution in [2.45, 2.75) is 115 Å². The minimum atomic E-state index is -0.287. The van der Waals surface area contributed by atoms with E-state index in [-0.39, 0.29) is 48.2 Å². The van der Waals surface area contributed by atoms with Crippen molar-refractivity contribution >= 4 is 33.6 Å². The molecule has 6 aromatic rings. The van der Waals surface area contributed by atoms with Crippen LogP contribution in [-0.4, -0.2) is 107 Å². The number of H-pyrrole nitrogens is 2. The summed E-state index contributed by atoms with van der Waals surface area (Å²) in [5, 5.41) is 20.9. The van der Waals surface area contributed by atoms with Crippen molar-refractivity contribution < 1.29 is 28.5 Å². The molecule has 3 aliphatic heterocycles. The Balaban J connectivity index is 1.01. The first-order chi connectivity index (χ1) is 29.7.